The zero-order valence-electron chi connectivity index (χ0n) is 16.0. The zero-order chi connectivity index (χ0) is 19.8. The highest BCUT2D eigenvalue weighted by molar-refractivity contribution is 5.60. The van der Waals surface area contributed by atoms with Gasteiger partial charge in [0.25, 0.3) is 0 Å². The first kappa shape index (κ1) is 19.2. The van der Waals surface area contributed by atoms with Crippen molar-refractivity contribution >= 4 is 17.5 Å². The molecule has 0 aliphatic heterocycles. The molecular formula is C20H23N7O. The number of nitrogens with zero attached hydrogens (tertiary/aromatic N) is 4. The molecule has 0 bridgehead atoms. The first-order chi connectivity index (χ1) is 13.7. The molecule has 144 valence electrons. The molecule has 0 aliphatic carbocycles. The van der Waals surface area contributed by atoms with Crippen molar-refractivity contribution in [2.45, 2.75) is 26.7 Å². The van der Waals surface area contributed by atoms with Crippen LogP contribution < -0.4 is 15.4 Å². The summed E-state index contributed by atoms with van der Waals surface area (Å²) in [5.74, 6) is 2.58. The van der Waals surface area contributed by atoms with Crippen molar-refractivity contribution in [1.82, 2.24) is 20.2 Å². The van der Waals surface area contributed by atoms with E-state index in [1.165, 1.54) is 0 Å². The minimum Gasteiger partial charge on any atom is -0.490 e. The summed E-state index contributed by atoms with van der Waals surface area (Å²) in [5, 5.41) is 22.8. The number of nitrogens with one attached hydrogen (secondary N) is 3. The van der Waals surface area contributed by atoms with E-state index in [0.717, 1.165) is 30.0 Å². The van der Waals surface area contributed by atoms with E-state index in [1.54, 1.807) is 18.3 Å². The number of anilines is 3. The Morgan fingerprint density at radius 3 is 2.82 bits per heavy atom. The predicted molar refractivity (Wildman–Crippen MR) is 108 cm³/mol. The quantitative estimate of drug-likeness (QED) is 0.490. The molecule has 3 N–H and O–H groups in total. The number of pyridine rings is 2. The van der Waals surface area contributed by atoms with Crippen LogP contribution in [0.1, 0.15) is 30.8 Å². The second-order valence-corrected chi connectivity index (χ2v) is 6.04. The Bertz CT molecular complexity index is 961. The normalized spacial score (nSPS) is 10.3. The number of nitriles is 1. The second kappa shape index (κ2) is 9.37. The summed E-state index contributed by atoms with van der Waals surface area (Å²) < 4.78 is 5.80. The monoisotopic (exact) mass is 377 g/mol. The number of ether oxygens (including phenoxy) is 1. The molecule has 3 rings (SSSR count). The van der Waals surface area contributed by atoms with Gasteiger partial charge in [-0.2, -0.15) is 10.4 Å². The largest absolute Gasteiger partial charge is 0.490 e. The molecule has 8 heteroatoms. The van der Waals surface area contributed by atoms with E-state index in [0.29, 0.717) is 36.2 Å². The van der Waals surface area contributed by atoms with Crippen molar-refractivity contribution < 1.29 is 4.74 Å². The summed E-state index contributed by atoms with van der Waals surface area (Å²) in [4.78, 5) is 8.79. The number of hydrogen-bond acceptors (Lipinski definition) is 7. The molecule has 28 heavy (non-hydrogen) atoms. The van der Waals surface area contributed by atoms with Crippen molar-refractivity contribution in [2.75, 3.05) is 23.8 Å². The molecule has 0 amide bonds. The number of H-pyrrole nitrogens is 1. The molecule has 3 heterocycles. The number of rotatable bonds is 9. The van der Waals surface area contributed by atoms with Gasteiger partial charge in [-0.3, -0.25) is 10.1 Å². The average molecular weight is 377 g/mol. The molecule has 3 aromatic rings. The topological polar surface area (TPSA) is 112 Å². The van der Waals surface area contributed by atoms with Crippen molar-refractivity contribution in [3.05, 3.63) is 53.5 Å². The molecule has 0 fully saturated rings. The molecule has 3 aromatic heterocycles. The Labute approximate surface area is 164 Å². The van der Waals surface area contributed by atoms with Gasteiger partial charge in [-0.15, -0.1) is 0 Å². The summed E-state index contributed by atoms with van der Waals surface area (Å²) in [7, 11) is 0. The molecule has 0 aromatic carbocycles. The number of aromatic nitrogens is 4. The van der Waals surface area contributed by atoms with Gasteiger partial charge in [-0.25, -0.2) is 4.98 Å². The van der Waals surface area contributed by atoms with Crippen molar-refractivity contribution in [2.24, 2.45) is 0 Å². The van der Waals surface area contributed by atoms with Gasteiger partial charge in [0.15, 0.2) is 5.82 Å². The van der Waals surface area contributed by atoms with E-state index in [9.17, 15) is 5.26 Å². The lowest BCUT2D eigenvalue weighted by Crippen LogP contribution is -2.14. The van der Waals surface area contributed by atoms with E-state index in [4.69, 9.17) is 4.74 Å². The van der Waals surface area contributed by atoms with Gasteiger partial charge in [-0.05, 0) is 37.1 Å². The van der Waals surface area contributed by atoms with Crippen LogP contribution in [0.15, 0.2) is 36.5 Å². The van der Waals surface area contributed by atoms with Gasteiger partial charge in [0.05, 0.1) is 17.8 Å². The number of aromatic amines is 1. The van der Waals surface area contributed by atoms with E-state index >= 15 is 0 Å². The van der Waals surface area contributed by atoms with E-state index in [2.05, 4.69) is 43.8 Å². The van der Waals surface area contributed by atoms with Crippen LogP contribution in [0.5, 0.6) is 5.75 Å². The van der Waals surface area contributed by atoms with Gasteiger partial charge in [0.1, 0.15) is 30.1 Å². The minimum atomic E-state index is 0.433. The fourth-order valence-corrected chi connectivity index (χ4v) is 2.64. The van der Waals surface area contributed by atoms with Gasteiger partial charge < -0.3 is 15.4 Å². The molecule has 8 nitrogen and oxygen atoms in total. The van der Waals surface area contributed by atoms with E-state index < -0.39 is 0 Å². The first-order valence-corrected chi connectivity index (χ1v) is 9.26. The van der Waals surface area contributed by atoms with Crippen molar-refractivity contribution in [1.29, 1.82) is 5.26 Å². The van der Waals surface area contributed by atoms with Crippen LogP contribution in [0.3, 0.4) is 0 Å². The Balaban J connectivity index is 1.61. The summed E-state index contributed by atoms with van der Waals surface area (Å²) in [5.41, 5.74) is 2.43. The van der Waals surface area contributed by atoms with Gasteiger partial charge in [0, 0.05) is 18.0 Å². The van der Waals surface area contributed by atoms with Crippen LogP contribution in [-0.4, -0.2) is 33.3 Å². The molecule has 0 radical (unpaired) electrons. The minimum absolute atomic E-state index is 0.433. The summed E-state index contributed by atoms with van der Waals surface area (Å²) in [6.07, 6.45) is 3.44. The summed E-state index contributed by atoms with van der Waals surface area (Å²) in [6, 6.07) is 11.3. The lowest BCUT2D eigenvalue weighted by Gasteiger charge is -2.12. The maximum Gasteiger partial charge on any atom is 0.153 e. The highest BCUT2D eigenvalue weighted by atomic mass is 16.5. The maximum absolute atomic E-state index is 9.33. The highest BCUT2D eigenvalue weighted by Gasteiger charge is 2.08. The van der Waals surface area contributed by atoms with Crippen LogP contribution in [0, 0.1) is 11.3 Å². The Morgan fingerprint density at radius 2 is 2.07 bits per heavy atom. The fraction of sp³-hybridized carbons (Fsp3) is 0.300. The van der Waals surface area contributed by atoms with Crippen molar-refractivity contribution in [3.63, 3.8) is 0 Å². The molecule has 0 atom stereocenters. The third kappa shape index (κ3) is 4.76. The zero-order valence-corrected chi connectivity index (χ0v) is 16.0. The highest BCUT2D eigenvalue weighted by Crippen LogP contribution is 2.19. The van der Waals surface area contributed by atoms with E-state index in [-0.39, 0.29) is 0 Å². The van der Waals surface area contributed by atoms with Crippen LogP contribution in [0.2, 0.25) is 0 Å². The lowest BCUT2D eigenvalue weighted by atomic mass is 10.2. The summed E-state index contributed by atoms with van der Waals surface area (Å²) >= 11 is 0. The fourth-order valence-electron chi connectivity index (χ4n) is 2.64. The second-order valence-electron chi connectivity index (χ2n) is 6.04. The van der Waals surface area contributed by atoms with Crippen LogP contribution in [0.4, 0.5) is 17.5 Å². The predicted octanol–water partition coefficient (Wildman–Crippen LogP) is 3.43. The van der Waals surface area contributed by atoms with Gasteiger partial charge in [0.2, 0.25) is 0 Å². The smallest absolute Gasteiger partial charge is 0.153 e. The van der Waals surface area contributed by atoms with Crippen molar-refractivity contribution in [3.8, 4) is 11.8 Å². The molecule has 0 saturated carbocycles. The Kier molecular flexibility index (Phi) is 6.41. The lowest BCUT2D eigenvalue weighted by molar-refractivity contribution is 0.327. The molecule has 0 saturated heterocycles. The van der Waals surface area contributed by atoms with Gasteiger partial charge in [-0.1, -0.05) is 13.8 Å². The number of hydrogen-bond donors (Lipinski definition) is 3. The molecular weight excluding hydrogens is 354 g/mol. The van der Waals surface area contributed by atoms with Crippen LogP contribution >= 0.6 is 0 Å². The van der Waals surface area contributed by atoms with E-state index in [1.807, 2.05) is 25.1 Å². The molecule has 0 spiro atoms. The first-order valence-electron chi connectivity index (χ1n) is 9.26. The summed E-state index contributed by atoms with van der Waals surface area (Å²) in [6.45, 7) is 5.03. The standard InChI is InChI=1S/C20H23N7O/c1-3-15-12-19(27-26-15)24-18-8-7-14(13-21)20(25-18)23-10-11-28-17-6-5-9-22-16(17)4-2/h5-9,12H,3-4,10-11H2,1-2H3,(H3,23,24,25,26,27). The van der Waals surface area contributed by atoms with Crippen LogP contribution in [0.25, 0.3) is 0 Å². The Hall–Kier alpha value is -3.60. The Morgan fingerprint density at radius 1 is 1.18 bits per heavy atom. The average Bonchev–Trinajstić information content (AvgIpc) is 3.19. The van der Waals surface area contributed by atoms with Gasteiger partial charge >= 0.3 is 0 Å². The molecule has 0 aliphatic rings. The third-order valence-corrected chi connectivity index (χ3v) is 4.12. The number of aryl methyl sites for hydroxylation is 2. The maximum atomic E-state index is 9.33. The SMILES string of the molecule is CCc1cc(Nc2ccc(C#N)c(NCCOc3cccnc3CC)n2)n[nH]1. The third-order valence-electron chi connectivity index (χ3n) is 4.12. The molecule has 0 unspecified atom stereocenters. The van der Waals surface area contributed by atoms with Crippen LogP contribution in [-0.2, 0) is 12.8 Å².